The van der Waals surface area contributed by atoms with E-state index in [1.54, 1.807) is 7.11 Å². The smallest absolute Gasteiger partial charge is 0.106 e. The fraction of sp³-hybridized carbons (Fsp3) is 0.800. The lowest BCUT2D eigenvalue weighted by molar-refractivity contribution is -0.0150. The largest absolute Gasteiger partial charge is 0.378 e. The quantitative estimate of drug-likeness (QED) is 0.414. The number of alkyl halides is 1. The van der Waals surface area contributed by atoms with Gasteiger partial charge in [-0.3, -0.25) is 0 Å². The fourth-order valence-electron chi connectivity index (χ4n) is 1.49. The molecule has 0 aliphatic carbocycles. The summed E-state index contributed by atoms with van der Waals surface area (Å²) in [6.07, 6.45) is 4.92. The molecule has 1 N–H and O–H groups in total. The number of nitrogens with one attached hydrogen (secondary N) is 1. The van der Waals surface area contributed by atoms with Crippen LogP contribution < -0.4 is 5.32 Å². The predicted octanol–water partition coefficient (Wildman–Crippen LogP) is 1.18. The molecule has 14 heavy (non-hydrogen) atoms. The highest BCUT2D eigenvalue weighted by Gasteiger charge is 2.34. The molecule has 0 radical (unpaired) electrons. The molecular formula is C10H18ClNO2. The molecule has 1 atom stereocenters. The first-order chi connectivity index (χ1) is 6.83. The minimum atomic E-state index is -0.116. The summed E-state index contributed by atoms with van der Waals surface area (Å²) in [5.41, 5.74) is -0.116. The van der Waals surface area contributed by atoms with Crippen molar-refractivity contribution in [1.29, 1.82) is 0 Å². The van der Waals surface area contributed by atoms with Crippen molar-refractivity contribution in [1.82, 2.24) is 5.32 Å². The molecule has 0 saturated carbocycles. The number of methoxy groups -OCH3 is 1. The molecule has 1 fully saturated rings. The highest BCUT2D eigenvalue weighted by Crippen LogP contribution is 2.21. The lowest BCUT2D eigenvalue weighted by Gasteiger charge is -2.25. The van der Waals surface area contributed by atoms with Crippen LogP contribution in [0.5, 0.6) is 0 Å². The lowest BCUT2D eigenvalue weighted by Crippen LogP contribution is -2.43. The Balaban J connectivity index is 2.18. The van der Waals surface area contributed by atoms with Gasteiger partial charge in [0.2, 0.25) is 0 Å². The van der Waals surface area contributed by atoms with Gasteiger partial charge in [0.1, 0.15) is 5.60 Å². The summed E-state index contributed by atoms with van der Waals surface area (Å²) in [4.78, 5) is 0. The second-order valence-corrected chi connectivity index (χ2v) is 3.75. The summed E-state index contributed by atoms with van der Waals surface area (Å²) >= 11 is 5.50. The SMILES string of the molecule is COC1(CNC/C=C/CCl)CCOC1. The zero-order valence-corrected chi connectivity index (χ0v) is 9.35. The van der Waals surface area contributed by atoms with Gasteiger partial charge >= 0.3 is 0 Å². The van der Waals surface area contributed by atoms with Crippen LogP contribution in [0.4, 0.5) is 0 Å². The van der Waals surface area contributed by atoms with Crippen LogP contribution in [0, 0.1) is 0 Å². The van der Waals surface area contributed by atoms with Crippen molar-refractivity contribution in [3.05, 3.63) is 12.2 Å². The maximum atomic E-state index is 5.50. The minimum Gasteiger partial charge on any atom is -0.378 e. The molecule has 4 heteroatoms. The van der Waals surface area contributed by atoms with Crippen LogP contribution in [0.2, 0.25) is 0 Å². The first-order valence-electron chi connectivity index (χ1n) is 4.87. The molecule has 82 valence electrons. The molecule has 0 aromatic rings. The molecule has 1 aliphatic heterocycles. The second kappa shape index (κ2) is 6.40. The highest BCUT2D eigenvalue weighted by atomic mass is 35.5. The molecular weight excluding hydrogens is 202 g/mol. The predicted molar refractivity (Wildman–Crippen MR) is 57.9 cm³/mol. The summed E-state index contributed by atoms with van der Waals surface area (Å²) in [6, 6.07) is 0. The van der Waals surface area contributed by atoms with Crippen LogP contribution >= 0.6 is 11.6 Å². The van der Waals surface area contributed by atoms with Crippen molar-refractivity contribution in [2.24, 2.45) is 0 Å². The van der Waals surface area contributed by atoms with Crippen molar-refractivity contribution in [2.75, 3.05) is 39.3 Å². The first-order valence-corrected chi connectivity index (χ1v) is 5.41. The van der Waals surface area contributed by atoms with Gasteiger partial charge in [0.15, 0.2) is 0 Å². The van der Waals surface area contributed by atoms with Crippen LogP contribution in [0.25, 0.3) is 0 Å². The Kier molecular flexibility index (Phi) is 5.48. The number of allylic oxidation sites excluding steroid dienone is 1. The molecule has 0 amide bonds. The third kappa shape index (κ3) is 3.58. The summed E-state index contributed by atoms with van der Waals surface area (Å²) < 4.78 is 10.8. The molecule has 1 saturated heterocycles. The third-order valence-electron chi connectivity index (χ3n) is 2.47. The summed E-state index contributed by atoms with van der Waals surface area (Å²) in [7, 11) is 1.74. The normalized spacial score (nSPS) is 27.6. The number of halogens is 1. The number of rotatable bonds is 6. The number of hydrogen-bond donors (Lipinski definition) is 1. The molecule has 3 nitrogen and oxygen atoms in total. The molecule has 0 aromatic heterocycles. The van der Waals surface area contributed by atoms with E-state index in [0.29, 0.717) is 12.5 Å². The van der Waals surface area contributed by atoms with Gasteiger partial charge in [-0.2, -0.15) is 0 Å². The van der Waals surface area contributed by atoms with Crippen LogP contribution in [0.3, 0.4) is 0 Å². The van der Waals surface area contributed by atoms with Gasteiger partial charge < -0.3 is 14.8 Å². The van der Waals surface area contributed by atoms with Crippen molar-refractivity contribution in [3.63, 3.8) is 0 Å². The van der Waals surface area contributed by atoms with E-state index in [1.807, 2.05) is 12.2 Å². The molecule has 0 aromatic carbocycles. The zero-order chi connectivity index (χ0) is 10.3. The van der Waals surface area contributed by atoms with E-state index >= 15 is 0 Å². The van der Waals surface area contributed by atoms with E-state index in [0.717, 1.165) is 26.1 Å². The van der Waals surface area contributed by atoms with E-state index in [2.05, 4.69) is 5.32 Å². The van der Waals surface area contributed by atoms with Crippen molar-refractivity contribution in [3.8, 4) is 0 Å². The second-order valence-electron chi connectivity index (χ2n) is 3.45. The monoisotopic (exact) mass is 219 g/mol. The standard InChI is InChI=1S/C10H18ClNO2/c1-13-10(4-7-14-9-10)8-12-6-3-2-5-11/h2-3,12H,4-9H2,1H3/b3-2+. The first kappa shape index (κ1) is 12.0. The topological polar surface area (TPSA) is 30.5 Å². The average Bonchev–Trinajstić information content (AvgIpc) is 2.67. The summed E-state index contributed by atoms with van der Waals surface area (Å²) in [5, 5.41) is 3.30. The van der Waals surface area contributed by atoms with Crippen molar-refractivity contribution in [2.45, 2.75) is 12.0 Å². The molecule has 1 aliphatic rings. The Bertz CT molecular complexity index is 179. The van der Waals surface area contributed by atoms with E-state index in [4.69, 9.17) is 21.1 Å². The Morgan fingerprint density at radius 2 is 2.43 bits per heavy atom. The lowest BCUT2D eigenvalue weighted by atomic mass is 10.0. The number of ether oxygens (including phenoxy) is 2. The van der Waals surface area contributed by atoms with Crippen molar-refractivity contribution < 1.29 is 9.47 Å². The van der Waals surface area contributed by atoms with Gasteiger partial charge in [0.25, 0.3) is 0 Å². The van der Waals surface area contributed by atoms with Crippen LogP contribution in [0.1, 0.15) is 6.42 Å². The van der Waals surface area contributed by atoms with Gasteiger partial charge in [-0.15, -0.1) is 11.6 Å². The van der Waals surface area contributed by atoms with Crippen LogP contribution in [0.15, 0.2) is 12.2 Å². The van der Waals surface area contributed by atoms with Crippen molar-refractivity contribution >= 4 is 11.6 Å². The van der Waals surface area contributed by atoms with E-state index < -0.39 is 0 Å². The number of hydrogen-bond acceptors (Lipinski definition) is 3. The summed E-state index contributed by atoms with van der Waals surface area (Å²) in [5.74, 6) is 0.570. The van der Waals surface area contributed by atoms with Gasteiger partial charge in [0.05, 0.1) is 6.61 Å². The van der Waals surface area contributed by atoms with E-state index in [9.17, 15) is 0 Å². The Hall–Kier alpha value is -0.0900. The molecule has 1 unspecified atom stereocenters. The highest BCUT2D eigenvalue weighted by molar-refractivity contribution is 6.18. The van der Waals surface area contributed by atoms with E-state index in [-0.39, 0.29) is 5.60 Å². The maximum Gasteiger partial charge on any atom is 0.106 e. The maximum absolute atomic E-state index is 5.50. The van der Waals surface area contributed by atoms with Gasteiger partial charge in [-0.05, 0) is 0 Å². The third-order valence-corrected chi connectivity index (χ3v) is 2.64. The average molecular weight is 220 g/mol. The van der Waals surface area contributed by atoms with Gasteiger partial charge in [-0.25, -0.2) is 0 Å². The Morgan fingerprint density at radius 3 is 3.00 bits per heavy atom. The van der Waals surface area contributed by atoms with Gasteiger partial charge in [-0.1, -0.05) is 12.2 Å². The molecule has 0 spiro atoms. The molecule has 0 bridgehead atoms. The molecule has 1 heterocycles. The zero-order valence-electron chi connectivity index (χ0n) is 8.59. The fourth-order valence-corrected chi connectivity index (χ4v) is 1.62. The van der Waals surface area contributed by atoms with Crippen LogP contribution in [-0.2, 0) is 9.47 Å². The Morgan fingerprint density at radius 1 is 1.57 bits per heavy atom. The Labute approximate surface area is 90.4 Å². The minimum absolute atomic E-state index is 0.116. The summed E-state index contributed by atoms with van der Waals surface area (Å²) in [6.45, 7) is 3.15. The molecule has 1 rings (SSSR count). The van der Waals surface area contributed by atoms with Crippen LogP contribution in [-0.4, -0.2) is 44.9 Å². The van der Waals surface area contributed by atoms with Gasteiger partial charge in [0, 0.05) is 39.1 Å². The van der Waals surface area contributed by atoms with E-state index in [1.165, 1.54) is 0 Å².